The van der Waals surface area contributed by atoms with Crippen molar-refractivity contribution >= 4 is 21.9 Å². The molecule has 0 spiro atoms. The molecule has 0 aliphatic carbocycles. The largest absolute Gasteiger partial charge is 0.454 e. The second-order valence-corrected chi connectivity index (χ2v) is 9.69. The van der Waals surface area contributed by atoms with Crippen molar-refractivity contribution in [3.63, 3.8) is 0 Å². The molecule has 0 radical (unpaired) electrons. The Labute approximate surface area is 210 Å². The van der Waals surface area contributed by atoms with Gasteiger partial charge in [0.2, 0.25) is 5.69 Å². The molecule has 0 unspecified atom stereocenters. The van der Waals surface area contributed by atoms with Gasteiger partial charge in [-0.1, -0.05) is 65.7 Å². The summed E-state index contributed by atoms with van der Waals surface area (Å²) in [7, 11) is 2.03. The zero-order valence-electron chi connectivity index (χ0n) is 20.9. The Morgan fingerprint density at radius 1 is 0.639 bits per heavy atom. The topological polar surface area (TPSA) is 17.0 Å². The first-order chi connectivity index (χ1) is 17.4. The van der Waals surface area contributed by atoms with E-state index in [1.807, 2.05) is 43.6 Å². The van der Waals surface area contributed by atoms with E-state index in [0.29, 0.717) is 11.1 Å². The van der Waals surface area contributed by atoms with Crippen LogP contribution in [0.5, 0.6) is 0 Å². The molecular formula is C33H27FNO+. The van der Waals surface area contributed by atoms with Crippen molar-refractivity contribution in [1.82, 2.24) is 0 Å². The second kappa shape index (κ2) is 8.46. The number of furan rings is 1. The highest BCUT2D eigenvalue weighted by Crippen LogP contribution is 2.41. The fraction of sp³-hybridized carbons (Fsp3) is 0.121. The van der Waals surface area contributed by atoms with Crippen LogP contribution in [0.3, 0.4) is 0 Å². The summed E-state index contributed by atoms with van der Waals surface area (Å²) >= 11 is 0. The van der Waals surface area contributed by atoms with E-state index in [1.165, 1.54) is 11.1 Å². The fourth-order valence-corrected chi connectivity index (χ4v) is 5.32. The minimum atomic E-state index is -0.288. The molecule has 6 aromatic rings. The number of benzene rings is 4. The summed E-state index contributed by atoms with van der Waals surface area (Å²) < 4.78 is 24.0. The lowest BCUT2D eigenvalue weighted by Crippen LogP contribution is -2.30. The lowest BCUT2D eigenvalue weighted by atomic mass is 9.96. The molecule has 2 aromatic heterocycles. The smallest absolute Gasteiger partial charge is 0.216 e. The van der Waals surface area contributed by atoms with E-state index < -0.39 is 0 Å². The van der Waals surface area contributed by atoms with Gasteiger partial charge in [-0.05, 0) is 61.2 Å². The number of hydrogen-bond donors (Lipinski definition) is 0. The van der Waals surface area contributed by atoms with Crippen molar-refractivity contribution in [2.75, 3.05) is 0 Å². The third kappa shape index (κ3) is 3.59. The fourth-order valence-electron chi connectivity index (χ4n) is 5.32. The zero-order valence-corrected chi connectivity index (χ0v) is 20.9. The van der Waals surface area contributed by atoms with Crippen molar-refractivity contribution in [3.05, 3.63) is 114 Å². The first kappa shape index (κ1) is 22.2. The quantitative estimate of drug-likeness (QED) is 0.236. The molecule has 0 amide bonds. The number of aryl methyl sites for hydroxylation is 4. The summed E-state index contributed by atoms with van der Waals surface area (Å²) in [6.45, 7) is 6.30. The van der Waals surface area contributed by atoms with Crippen LogP contribution < -0.4 is 4.57 Å². The highest BCUT2D eigenvalue weighted by molar-refractivity contribution is 6.13. The molecule has 2 nitrogen and oxygen atoms in total. The summed E-state index contributed by atoms with van der Waals surface area (Å²) in [5.74, 6) is -0.288. The van der Waals surface area contributed by atoms with Crippen LogP contribution >= 0.6 is 0 Å². The van der Waals surface area contributed by atoms with Gasteiger partial charge in [0.15, 0.2) is 6.20 Å². The van der Waals surface area contributed by atoms with Crippen molar-refractivity contribution in [2.45, 2.75) is 20.8 Å². The molecule has 4 aromatic carbocycles. The SMILES string of the molecule is Cc1cc(C)cc(-c2ccc(-c3c(F)ccc4c3oc3c(-c5cccc[n+]5C)c(C)ccc34)cc2)c1. The van der Waals surface area contributed by atoms with Gasteiger partial charge in [0.25, 0.3) is 0 Å². The molecule has 0 saturated carbocycles. The Balaban J connectivity index is 1.56. The molecule has 0 bridgehead atoms. The average molecular weight is 473 g/mol. The normalized spacial score (nSPS) is 11.5. The van der Waals surface area contributed by atoms with Crippen LogP contribution in [0, 0.1) is 26.6 Å². The van der Waals surface area contributed by atoms with E-state index in [-0.39, 0.29) is 5.82 Å². The molecule has 0 aliphatic heterocycles. The van der Waals surface area contributed by atoms with Crippen molar-refractivity contribution < 1.29 is 13.4 Å². The van der Waals surface area contributed by atoms with Gasteiger partial charge in [-0.3, -0.25) is 0 Å². The highest BCUT2D eigenvalue weighted by atomic mass is 19.1. The Morgan fingerprint density at radius 2 is 1.28 bits per heavy atom. The standard InChI is InChI=1S/C33H27FNO/c1-20-17-21(2)19-25(18-20)23-9-11-24(12-10-23)31-28(34)15-14-27-26-13-8-22(3)30(32(26)36-33(27)31)29-7-5-6-16-35(29)4/h5-19H,1-4H3/q+1. The third-order valence-corrected chi connectivity index (χ3v) is 7.01. The second-order valence-electron chi connectivity index (χ2n) is 9.69. The Bertz CT molecular complexity index is 1760. The third-order valence-electron chi connectivity index (χ3n) is 7.01. The first-order valence-electron chi connectivity index (χ1n) is 12.2. The van der Waals surface area contributed by atoms with Crippen LogP contribution in [-0.2, 0) is 7.05 Å². The molecule has 2 heterocycles. The maximum Gasteiger partial charge on any atom is 0.216 e. The molecule has 0 aliphatic rings. The minimum Gasteiger partial charge on any atom is -0.454 e. The number of halogens is 1. The van der Waals surface area contributed by atoms with E-state index in [1.54, 1.807) is 6.07 Å². The lowest BCUT2D eigenvalue weighted by Gasteiger charge is -2.08. The van der Waals surface area contributed by atoms with Gasteiger partial charge >= 0.3 is 0 Å². The number of fused-ring (bicyclic) bond motifs is 3. The number of nitrogens with zero attached hydrogens (tertiary/aromatic N) is 1. The molecule has 3 heteroatoms. The minimum absolute atomic E-state index is 0.288. The van der Waals surface area contributed by atoms with Gasteiger partial charge in [-0.25, -0.2) is 8.96 Å². The van der Waals surface area contributed by atoms with E-state index in [9.17, 15) is 0 Å². The van der Waals surface area contributed by atoms with Gasteiger partial charge in [-0.2, -0.15) is 0 Å². The van der Waals surface area contributed by atoms with Gasteiger partial charge in [0, 0.05) is 22.9 Å². The van der Waals surface area contributed by atoms with E-state index in [4.69, 9.17) is 4.42 Å². The highest BCUT2D eigenvalue weighted by Gasteiger charge is 2.22. The summed E-state index contributed by atoms with van der Waals surface area (Å²) in [6.07, 6.45) is 2.03. The van der Waals surface area contributed by atoms with Gasteiger partial charge in [0.1, 0.15) is 24.0 Å². The van der Waals surface area contributed by atoms with E-state index in [0.717, 1.165) is 49.9 Å². The maximum absolute atomic E-state index is 15.4. The average Bonchev–Trinajstić information content (AvgIpc) is 3.22. The molecule has 0 saturated heterocycles. The summed E-state index contributed by atoms with van der Waals surface area (Å²) in [4.78, 5) is 0. The molecule has 176 valence electrons. The Hall–Kier alpha value is -4.24. The maximum atomic E-state index is 15.4. The number of rotatable bonds is 3. The Kier molecular flexibility index (Phi) is 5.22. The van der Waals surface area contributed by atoms with Gasteiger partial charge in [-0.15, -0.1) is 0 Å². The van der Waals surface area contributed by atoms with Crippen LogP contribution in [0.15, 0.2) is 95.5 Å². The number of pyridine rings is 1. The van der Waals surface area contributed by atoms with Crippen LogP contribution in [0.25, 0.3) is 55.4 Å². The summed E-state index contributed by atoms with van der Waals surface area (Å²) in [5, 5.41) is 1.90. The molecule has 0 N–H and O–H groups in total. The van der Waals surface area contributed by atoms with Crippen LogP contribution in [0.2, 0.25) is 0 Å². The van der Waals surface area contributed by atoms with Crippen LogP contribution in [0.1, 0.15) is 16.7 Å². The first-order valence-corrected chi connectivity index (χ1v) is 12.2. The molecule has 0 atom stereocenters. The molecular weight excluding hydrogens is 445 g/mol. The van der Waals surface area contributed by atoms with Crippen molar-refractivity contribution in [1.29, 1.82) is 0 Å². The monoisotopic (exact) mass is 472 g/mol. The molecule has 36 heavy (non-hydrogen) atoms. The number of hydrogen-bond acceptors (Lipinski definition) is 1. The van der Waals surface area contributed by atoms with Gasteiger partial charge in [0.05, 0.1) is 11.1 Å². The van der Waals surface area contributed by atoms with E-state index in [2.05, 4.69) is 73.9 Å². The predicted octanol–water partition coefficient (Wildman–Crippen LogP) is 8.48. The molecule has 6 rings (SSSR count). The van der Waals surface area contributed by atoms with E-state index >= 15 is 4.39 Å². The number of aromatic nitrogens is 1. The summed E-state index contributed by atoms with van der Waals surface area (Å²) in [6, 6.07) is 28.3. The lowest BCUT2D eigenvalue weighted by molar-refractivity contribution is -0.660. The van der Waals surface area contributed by atoms with Gasteiger partial charge < -0.3 is 4.42 Å². The Morgan fingerprint density at radius 3 is 1.97 bits per heavy atom. The molecule has 0 fully saturated rings. The van der Waals surface area contributed by atoms with Crippen LogP contribution in [-0.4, -0.2) is 0 Å². The van der Waals surface area contributed by atoms with Crippen LogP contribution in [0.4, 0.5) is 4.39 Å². The predicted molar refractivity (Wildman–Crippen MR) is 145 cm³/mol. The van der Waals surface area contributed by atoms with Crippen molar-refractivity contribution in [2.24, 2.45) is 7.05 Å². The summed E-state index contributed by atoms with van der Waals surface area (Å²) in [5.41, 5.74) is 10.6. The van der Waals surface area contributed by atoms with Crippen molar-refractivity contribution in [3.8, 4) is 33.5 Å². The zero-order chi connectivity index (χ0) is 25.0.